The van der Waals surface area contributed by atoms with Gasteiger partial charge in [-0.05, 0) is 31.9 Å². The Kier molecular flexibility index (Phi) is 3.90. The molecular weight excluding hydrogens is 264 g/mol. The predicted octanol–water partition coefficient (Wildman–Crippen LogP) is 4.01. The molecule has 0 saturated carbocycles. The van der Waals surface area contributed by atoms with Crippen LogP contribution < -0.4 is 0 Å². The van der Waals surface area contributed by atoms with E-state index in [0.29, 0.717) is 0 Å². The SMILES string of the molecule is Cc1nc(CN2CCC[C@](C)(c3ccccc3)C2)cs1. The minimum absolute atomic E-state index is 0.282. The van der Waals surface area contributed by atoms with Crippen LogP contribution in [0.2, 0.25) is 0 Å². The Morgan fingerprint density at radius 3 is 2.80 bits per heavy atom. The molecule has 2 aromatic rings. The highest BCUT2D eigenvalue weighted by atomic mass is 32.1. The average Bonchev–Trinajstić information content (AvgIpc) is 2.85. The fraction of sp³-hybridized carbons (Fsp3) is 0.471. The molecule has 0 unspecified atom stereocenters. The molecule has 1 aliphatic rings. The highest BCUT2D eigenvalue weighted by Gasteiger charge is 2.32. The summed E-state index contributed by atoms with van der Waals surface area (Å²) in [5.41, 5.74) is 2.98. The Morgan fingerprint density at radius 1 is 1.30 bits per heavy atom. The zero-order chi connectivity index (χ0) is 14.0. The number of piperidine rings is 1. The molecule has 3 heteroatoms. The van der Waals surface area contributed by atoms with Crippen LogP contribution in [0.1, 0.15) is 36.0 Å². The molecule has 2 heterocycles. The number of thiazole rings is 1. The van der Waals surface area contributed by atoms with Crippen LogP contribution in [0.25, 0.3) is 0 Å². The molecule has 0 amide bonds. The second-order valence-electron chi connectivity index (χ2n) is 6.10. The molecule has 0 spiro atoms. The molecule has 106 valence electrons. The van der Waals surface area contributed by atoms with E-state index in [2.05, 4.69) is 59.4 Å². The van der Waals surface area contributed by atoms with Crippen molar-refractivity contribution in [1.29, 1.82) is 0 Å². The average molecular weight is 286 g/mol. The van der Waals surface area contributed by atoms with E-state index in [1.807, 2.05) is 0 Å². The zero-order valence-electron chi connectivity index (χ0n) is 12.3. The van der Waals surface area contributed by atoms with Gasteiger partial charge in [-0.1, -0.05) is 37.3 Å². The maximum absolute atomic E-state index is 4.60. The van der Waals surface area contributed by atoms with Crippen LogP contribution in [0.3, 0.4) is 0 Å². The molecule has 1 aromatic heterocycles. The van der Waals surface area contributed by atoms with E-state index in [-0.39, 0.29) is 5.41 Å². The van der Waals surface area contributed by atoms with Gasteiger partial charge in [-0.3, -0.25) is 4.90 Å². The van der Waals surface area contributed by atoms with Gasteiger partial charge in [0, 0.05) is 23.9 Å². The zero-order valence-corrected chi connectivity index (χ0v) is 13.1. The molecule has 0 aliphatic carbocycles. The lowest BCUT2D eigenvalue weighted by molar-refractivity contribution is 0.148. The van der Waals surface area contributed by atoms with Crippen molar-refractivity contribution in [2.75, 3.05) is 13.1 Å². The van der Waals surface area contributed by atoms with E-state index < -0.39 is 0 Å². The molecule has 1 aromatic carbocycles. The van der Waals surface area contributed by atoms with Gasteiger partial charge in [0.15, 0.2) is 0 Å². The van der Waals surface area contributed by atoms with Gasteiger partial charge in [0.1, 0.15) is 0 Å². The van der Waals surface area contributed by atoms with Crippen molar-refractivity contribution < 1.29 is 0 Å². The number of nitrogens with zero attached hydrogens (tertiary/aromatic N) is 2. The van der Waals surface area contributed by atoms with E-state index in [1.54, 1.807) is 11.3 Å². The summed E-state index contributed by atoms with van der Waals surface area (Å²) in [6, 6.07) is 11.0. The van der Waals surface area contributed by atoms with Gasteiger partial charge < -0.3 is 0 Å². The smallest absolute Gasteiger partial charge is 0.0897 e. The Hall–Kier alpha value is -1.19. The van der Waals surface area contributed by atoms with Crippen LogP contribution in [-0.2, 0) is 12.0 Å². The molecule has 1 aliphatic heterocycles. The van der Waals surface area contributed by atoms with Crippen LogP contribution in [0, 0.1) is 6.92 Å². The summed E-state index contributed by atoms with van der Waals surface area (Å²) in [6.45, 7) is 7.80. The molecule has 1 atom stereocenters. The second kappa shape index (κ2) is 5.66. The molecule has 3 rings (SSSR count). The van der Waals surface area contributed by atoms with Crippen molar-refractivity contribution in [2.45, 2.75) is 38.6 Å². The largest absolute Gasteiger partial charge is 0.297 e. The van der Waals surface area contributed by atoms with Gasteiger partial charge >= 0.3 is 0 Å². The highest BCUT2D eigenvalue weighted by Crippen LogP contribution is 2.34. The fourth-order valence-corrected chi connectivity index (χ4v) is 3.87. The standard InChI is InChI=1S/C17H22N2S/c1-14-18-16(12-20-14)11-19-10-6-9-17(2,13-19)15-7-4-3-5-8-15/h3-5,7-8,12H,6,9-11,13H2,1-2H3/t17-/m0/s1. The Bertz CT molecular complexity index is 563. The molecule has 0 radical (unpaired) electrons. The van der Waals surface area contributed by atoms with Crippen molar-refractivity contribution in [3.8, 4) is 0 Å². The monoisotopic (exact) mass is 286 g/mol. The molecular formula is C17H22N2S. The van der Waals surface area contributed by atoms with Crippen LogP contribution in [0.15, 0.2) is 35.7 Å². The summed E-state index contributed by atoms with van der Waals surface area (Å²) in [6.07, 6.45) is 2.55. The lowest BCUT2D eigenvalue weighted by Gasteiger charge is -2.40. The normalized spacial score (nSPS) is 23.9. The lowest BCUT2D eigenvalue weighted by Crippen LogP contribution is -2.43. The third-order valence-corrected chi connectivity index (χ3v) is 5.12. The first-order chi connectivity index (χ1) is 9.66. The third-order valence-electron chi connectivity index (χ3n) is 4.30. The van der Waals surface area contributed by atoms with Crippen LogP contribution in [0.5, 0.6) is 0 Å². The van der Waals surface area contributed by atoms with Crippen molar-refractivity contribution >= 4 is 11.3 Å². The van der Waals surface area contributed by atoms with E-state index in [0.717, 1.165) is 13.1 Å². The van der Waals surface area contributed by atoms with Crippen molar-refractivity contribution in [3.05, 3.63) is 52.0 Å². The van der Waals surface area contributed by atoms with Crippen LogP contribution in [-0.4, -0.2) is 23.0 Å². The molecule has 1 fully saturated rings. The number of hydrogen-bond acceptors (Lipinski definition) is 3. The fourth-order valence-electron chi connectivity index (χ4n) is 3.27. The van der Waals surface area contributed by atoms with E-state index in [4.69, 9.17) is 0 Å². The van der Waals surface area contributed by atoms with Gasteiger partial charge in [-0.25, -0.2) is 4.98 Å². The minimum atomic E-state index is 0.282. The number of likely N-dealkylation sites (tertiary alicyclic amines) is 1. The molecule has 1 saturated heterocycles. The number of rotatable bonds is 3. The maximum Gasteiger partial charge on any atom is 0.0897 e. The summed E-state index contributed by atoms with van der Waals surface area (Å²) in [4.78, 5) is 7.16. The predicted molar refractivity (Wildman–Crippen MR) is 85.2 cm³/mol. The molecule has 20 heavy (non-hydrogen) atoms. The summed E-state index contributed by atoms with van der Waals surface area (Å²) < 4.78 is 0. The van der Waals surface area contributed by atoms with E-state index in [1.165, 1.54) is 35.7 Å². The first-order valence-electron chi connectivity index (χ1n) is 7.35. The highest BCUT2D eigenvalue weighted by molar-refractivity contribution is 7.09. The Balaban J connectivity index is 1.73. The number of aromatic nitrogens is 1. The second-order valence-corrected chi connectivity index (χ2v) is 7.16. The molecule has 0 N–H and O–H groups in total. The Labute approximate surface area is 125 Å². The maximum atomic E-state index is 4.60. The van der Waals surface area contributed by atoms with E-state index in [9.17, 15) is 0 Å². The van der Waals surface area contributed by atoms with Crippen molar-refractivity contribution in [3.63, 3.8) is 0 Å². The summed E-state index contributed by atoms with van der Waals surface area (Å²) >= 11 is 1.75. The summed E-state index contributed by atoms with van der Waals surface area (Å²) in [5, 5.41) is 3.37. The Morgan fingerprint density at radius 2 is 2.10 bits per heavy atom. The van der Waals surface area contributed by atoms with Crippen molar-refractivity contribution in [2.24, 2.45) is 0 Å². The van der Waals surface area contributed by atoms with Gasteiger partial charge in [0.05, 0.1) is 10.7 Å². The molecule has 0 bridgehead atoms. The number of benzene rings is 1. The van der Waals surface area contributed by atoms with Crippen molar-refractivity contribution in [1.82, 2.24) is 9.88 Å². The van der Waals surface area contributed by atoms with Crippen LogP contribution >= 0.6 is 11.3 Å². The topological polar surface area (TPSA) is 16.1 Å². The molecule has 2 nitrogen and oxygen atoms in total. The number of aryl methyl sites for hydroxylation is 1. The first-order valence-corrected chi connectivity index (χ1v) is 8.23. The minimum Gasteiger partial charge on any atom is -0.297 e. The van der Waals surface area contributed by atoms with Gasteiger partial charge in [-0.2, -0.15) is 0 Å². The van der Waals surface area contributed by atoms with Crippen LogP contribution in [0.4, 0.5) is 0 Å². The summed E-state index contributed by atoms with van der Waals surface area (Å²) in [5.74, 6) is 0. The quantitative estimate of drug-likeness (QED) is 0.847. The third kappa shape index (κ3) is 2.94. The van der Waals surface area contributed by atoms with E-state index >= 15 is 0 Å². The first kappa shape index (κ1) is 13.8. The van der Waals surface area contributed by atoms with Gasteiger partial charge in [0.2, 0.25) is 0 Å². The van der Waals surface area contributed by atoms with Gasteiger partial charge in [-0.15, -0.1) is 11.3 Å². The lowest BCUT2D eigenvalue weighted by atomic mass is 9.76. The van der Waals surface area contributed by atoms with Gasteiger partial charge in [0.25, 0.3) is 0 Å². The summed E-state index contributed by atoms with van der Waals surface area (Å²) in [7, 11) is 0. The number of hydrogen-bond donors (Lipinski definition) is 0.